The maximum Gasteiger partial charge on any atom is 0.126 e. The number of rotatable bonds is 3. The van der Waals surface area contributed by atoms with Crippen molar-refractivity contribution in [3.63, 3.8) is 0 Å². The van der Waals surface area contributed by atoms with E-state index in [9.17, 15) is 4.39 Å². The molecule has 1 saturated heterocycles. The second-order valence-corrected chi connectivity index (χ2v) is 4.83. The van der Waals surface area contributed by atoms with Crippen molar-refractivity contribution in [2.75, 3.05) is 13.2 Å². The molecule has 3 heteroatoms. The highest BCUT2D eigenvalue weighted by Crippen LogP contribution is 2.27. The van der Waals surface area contributed by atoms with E-state index in [1.807, 2.05) is 13.0 Å². The van der Waals surface area contributed by atoms with Gasteiger partial charge in [0.1, 0.15) is 5.82 Å². The Morgan fingerprint density at radius 1 is 1.50 bits per heavy atom. The SMILES string of the molecule is CC(N)(Cc1ccccc1F)C1CCOC1. The van der Waals surface area contributed by atoms with Crippen LogP contribution in [0.1, 0.15) is 18.9 Å². The van der Waals surface area contributed by atoms with E-state index in [2.05, 4.69) is 0 Å². The first-order chi connectivity index (χ1) is 7.59. The second-order valence-electron chi connectivity index (χ2n) is 4.83. The summed E-state index contributed by atoms with van der Waals surface area (Å²) in [6.07, 6.45) is 1.54. The van der Waals surface area contributed by atoms with Crippen LogP contribution in [0.3, 0.4) is 0 Å². The normalized spacial score (nSPS) is 24.3. The van der Waals surface area contributed by atoms with Crippen molar-refractivity contribution in [3.05, 3.63) is 35.6 Å². The van der Waals surface area contributed by atoms with Gasteiger partial charge in [-0.1, -0.05) is 18.2 Å². The molecule has 2 rings (SSSR count). The maximum atomic E-state index is 13.5. The predicted molar refractivity (Wildman–Crippen MR) is 61.6 cm³/mol. The summed E-state index contributed by atoms with van der Waals surface area (Å²) in [6, 6.07) is 6.83. The number of benzene rings is 1. The summed E-state index contributed by atoms with van der Waals surface area (Å²) in [5.74, 6) is 0.158. The van der Waals surface area contributed by atoms with Crippen LogP contribution in [-0.4, -0.2) is 18.8 Å². The molecule has 0 bridgehead atoms. The quantitative estimate of drug-likeness (QED) is 0.852. The van der Waals surface area contributed by atoms with Crippen molar-refractivity contribution in [2.45, 2.75) is 25.3 Å². The Morgan fingerprint density at radius 2 is 2.25 bits per heavy atom. The Balaban J connectivity index is 2.10. The monoisotopic (exact) mass is 223 g/mol. The van der Waals surface area contributed by atoms with Crippen LogP contribution in [0.5, 0.6) is 0 Å². The molecule has 0 aromatic heterocycles. The van der Waals surface area contributed by atoms with E-state index in [4.69, 9.17) is 10.5 Å². The van der Waals surface area contributed by atoms with Gasteiger partial charge >= 0.3 is 0 Å². The number of hydrogen-bond donors (Lipinski definition) is 1. The average Bonchev–Trinajstić information content (AvgIpc) is 2.75. The van der Waals surface area contributed by atoms with E-state index in [0.717, 1.165) is 13.0 Å². The Kier molecular flexibility index (Phi) is 3.26. The zero-order valence-corrected chi connectivity index (χ0v) is 9.58. The third-order valence-corrected chi connectivity index (χ3v) is 3.39. The van der Waals surface area contributed by atoms with E-state index < -0.39 is 5.54 Å². The molecule has 1 aliphatic heterocycles. The number of nitrogens with two attached hydrogens (primary N) is 1. The van der Waals surface area contributed by atoms with Gasteiger partial charge in [-0.25, -0.2) is 4.39 Å². The molecule has 0 saturated carbocycles. The van der Waals surface area contributed by atoms with Gasteiger partial charge in [-0.2, -0.15) is 0 Å². The Labute approximate surface area is 95.6 Å². The summed E-state index contributed by atoms with van der Waals surface area (Å²) in [5.41, 5.74) is 6.58. The van der Waals surface area contributed by atoms with Crippen LogP contribution in [-0.2, 0) is 11.2 Å². The number of ether oxygens (including phenoxy) is 1. The van der Waals surface area contributed by atoms with Crippen molar-refractivity contribution in [1.82, 2.24) is 0 Å². The van der Waals surface area contributed by atoms with Gasteiger partial charge in [-0.15, -0.1) is 0 Å². The number of hydrogen-bond acceptors (Lipinski definition) is 2. The van der Waals surface area contributed by atoms with Gasteiger partial charge in [0.05, 0.1) is 6.61 Å². The molecule has 0 amide bonds. The van der Waals surface area contributed by atoms with Crippen LogP contribution >= 0.6 is 0 Å². The highest BCUT2D eigenvalue weighted by atomic mass is 19.1. The molecule has 0 spiro atoms. The maximum absolute atomic E-state index is 13.5. The van der Waals surface area contributed by atoms with Crippen molar-refractivity contribution in [2.24, 2.45) is 11.7 Å². The summed E-state index contributed by atoms with van der Waals surface area (Å²) in [4.78, 5) is 0. The lowest BCUT2D eigenvalue weighted by Gasteiger charge is -2.30. The largest absolute Gasteiger partial charge is 0.381 e. The van der Waals surface area contributed by atoms with Gasteiger partial charge in [0.25, 0.3) is 0 Å². The van der Waals surface area contributed by atoms with Gasteiger partial charge in [-0.05, 0) is 31.4 Å². The third kappa shape index (κ3) is 2.42. The zero-order chi connectivity index (χ0) is 11.6. The Bertz CT molecular complexity index is 359. The standard InChI is InChI=1S/C13H18FNO/c1-13(15,11-6-7-16-9-11)8-10-4-2-3-5-12(10)14/h2-5,11H,6-9,15H2,1H3. The molecule has 0 radical (unpaired) electrons. The first-order valence-electron chi connectivity index (χ1n) is 5.69. The van der Waals surface area contributed by atoms with Gasteiger partial charge in [0, 0.05) is 18.1 Å². The molecule has 2 N–H and O–H groups in total. The van der Waals surface area contributed by atoms with Crippen molar-refractivity contribution >= 4 is 0 Å². The van der Waals surface area contributed by atoms with E-state index in [-0.39, 0.29) is 5.82 Å². The molecule has 2 unspecified atom stereocenters. The fourth-order valence-corrected chi connectivity index (χ4v) is 2.25. The molecule has 2 atom stereocenters. The summed E-state index contributed by atoms with van der Waals surface area (Å²) in [6.45, 7) is 3.45. The van der Waals surface area contributed by atoms with Crippen molar-refractivity contribution < 1.29 is 9.13 Å². The Morgan fingerprint density at radius 3 is 2.88 bits per heavy atom. The van der Waals surface area contributed by atoms with E-state index in [1.165, 1.54) is 6.07 Å². The summed E-state index contributed by atoms with van der Waals surface area (Å²) in [7, 11) is 0. The topological polar surface area (TPSA) is 35.2 Å². The predicted octanol–water partition coefficient (Wildman–Crippen LogP) is 2.12. The second kappa shape index (κ2) is 4.52. The lowest BCUT2D eigenvalue weighted by molar-refractivity contribution is 0.166. The van der Waals surface area contributed by atoms with Crippen molar-refractivity contribution in [3.8, 4) is 0 Å². The molecule has 1 heterocycles. The van der Waals surface area contributed by atoms with Crippen LogP contribution in [0, 0.1) is 11.7 Å². The van der Waals surface area contributed by atoms with Gasteiger partial charge < -0.3 is 10.5 Å². The minimum atomic E-state index is -0.390. The number of halogens is 1. The molecule has 2 nitrogen and oxygen atoms in total. The first-order valence-corrected chi connectivity index (χ1v) is 5.69. The average molecular weight is 223 g/mol. The van der Waals surface area contributed by atoms with Gasteiger partial charge in [-0.3, -0.25) is 0 Å². The molecule has 1 aromatic rings. The first kappa shape index (κ1) is 11.6. The molecule has 1 aromatic carbocycles. The minimum Gasteiger partial charge on any atom is -0.381 e. The van der Waals surface area contributed by atoms with E-state index in [1.54, 1.807) is 12.1 Å². The highest BCUT2D eigenvalue weighted by Gasteiger charge is 2.33. The van der Waals surface area contributed by atoms with Gasteiger partial charge in [0.2, 0.25) is 0 Å². The minimum absolute atomic E-state index is 0.168. The Hall–Kier alpha value is -0.930. The molecule has 1 fully saturated rings. The molecular weight excluding hydrogens is 205 g/mol. The van der Waals surface area contributed by atoms with Crippen LogP contribution < -0.4 is 5.73 Å². The van der Waals surface area contributed by atoms with E-state index in [0.29, 0.717) is 24.5 Å². The zero-order valence-electron chi connectivity index (χ0n) is 9.58. The molecule has 0 aliphatic carbocycles. The van der Waals surface area contributed by atoms with Gasteiger partial charge in [0.15, 0.2) is 0 Å². The summed E-state index contributed by atoms with van der Waals surface area (Å²) < 4.78 is 18.9. The summed E-state index contributed by atoms with van der Waals surface area (Å²) in [5, 5.41) is 0. The molecule has 88 valence electrons. The van der Waals surface area contributed by atoms with Crippen LogP contribution in [0.15, 0.2) is 24.3 Å². The van der Waals surface area contributed by atoms with Crippen LogP contribution in [0.2, 0.25) is 0 Å². The highest BCUT2D eigenvalue weighted by molar-refractivity contribution is 5.20. The van der Waals surface area contributed by atoms with Crippen LogP contribution in [0.25, 0.3) is 0 Å². The lowest BCUT2D eigenvalue weighted by atomic mass is 9.81. The fraction of sp³-hybridized carbons (Fsp3) is 0.538. The van der Waals surface area contributed by atoms with Crippen LogP contribution in [0.4, 0.5) is 4.39 Å². The summed E-state index contributed by atoms with van der Waals surface area (Å²) >= 11 is 0. The third-order valence-electron chi connectivity index (χ3n) is 3.39. The smallest absolute Gasteiger partial charge is 0.126 e. The molecule has 16 heavy (non-hydrogen) atoms. The van der Waals surface area contributed by atoms with Crippen molar-refractivity contribution in [1.29, 1.82) is 0 Å². The molecule has 1 aliphatic rings. The molecular formula is C13H18FNO. The lowest BCUT2D eigenvalue weighted by Crippen LogP contribution is -2.46. The van der Waals surface area contributed by atoms with E-state index >= 15 is 0 Å². The fourth-order valence-electron chi connectivity index (χ4n) is 2.25.